The van der Waals surface area contributed by atoms with Crippen molar-refractivity contribution < 1.29 is 9.59 Å². The highest BCUT2D eigenvalue weighted by Gasteiger charge is 2.34. The lowest BCUT2D eigenvalue weighted by molar-refractivity contribution is -0.125. The predicted molar refractivity (Wildman–Crippen MR) is 98.2 cm³/mol. The molecule has 0 spiro atoms. The summed E-state index contributed by atoms with van der Waals surface area (Å²) in [6, 6.07) is 9.47. The number of nitrogens with zero attached hydrogens (tertiary/aromatic N) is 3. The van der Waals surface area contributed by atoms with Crippen molar-refractivity contribution in [2.24, 2.45) is 0 Å². The average Bonchev–Trinajstić information content (AvgIpc) is 3.29. The molecule has 0 saturated carbocycles. The minimum atomic E-state index is -0.387. The van der Waals surface area contributed by atoms with Gasteiger partial charge in [0.05, 0.1) is 12.2 Å². The smallest absolute Gasteiger partial charge is 0.320 e. The van der Waals surface area contributed by atoms with Crippen LogP contribution in [0.1, 0.15) is 18.5 Å². The fraction of sp³-hybridized carbons (Fsp3) is 0.389. The molecule has 0 bridgehead atoms. The first-order chi connectivity index (χ1) is 12.1. The molecular formula is C18H22N4O2S. The number of aromatic nitrogens is 1. The Balaban J connectivity index is 1.59. The van der Waals surface area contributed by atoms with Crippen LogP contribution in [0.25, 0.3) is 10.6 Å². The summed E-state index contributed by atoms with van der Waals surface area (Å²) in [5.74, 6) is -0.109. The van der Waals surface area contributed by atoms with Gasteiger partial charge in [-0.15, -0.1) is 11.3 Å². The molecule has 6 nitrogen and oxygen atoms in total. The first kappa shape index (κ1) is 17.4. The summed E-state index contributed by atoms with van der Waals surface area (Å²) >= 11 is 1.56. The molecule has 7 heteroatoms. The van der Waals surface area contributed by atoms with Crippen molar-refractivity contribution in [3.8, 4) is 10.6 Å². The average molecular weight is 358 g/mol. The highest BCUT2D eigenvalue weighted by Crippen LogP contribution is 2.23. The largest absolute Gasteiger partial charge is 0.349 e. The normalized spacial score (nSPS) is 16.7. The molecule has 1 unspecified atom stereocenters. The van der Waals surface area contributed by atoms with E-state index in [4.69, 9.17) is 0 Å². The first-order valence-corrected chi connectivity index (χ1v) is 9.19. The maximum absolute atomic E-state index is 12.5. The molecule has 1 saturated heterocycles. The minimum absolute atomic E-state index is 0.109. The van der Waals surface area contributed by atoms with E-state index in [2.05, 4.69) is 10.3 Å². The molecule has 1 N–H and O–H groups in total. The Labute approximate surface area is 151 Å². The van der Waals surface area contributed by atoms with Crippen LogP contribution in [0.4, 0.5) is 4.79 Å². The summed E-state index contributed by atoms with van der Waals surface area (Å²) in [4.78, 5) is 32.4. The second-order valence-corrected chi connectivity index (χ2v) is 7.11. The third-order valence-corrected chi connectivity index (χ3v) is 5.14. The lowest BCUT2D eigenvalue weighted by atomic mass is 10.2. The standard InChI is InChI=1S/C18H22N4O2S/c1-21(2)18(24)22-10-6-9-15(22)16(23)19-11-14-12-25-17(20-14)13-7-4-3-5-8-13/h3-5,7-8,12,15H,6,9-11H2,1-2H3,(H,19,23). The molecule has 1 aliphatic heterocycles. The van der Waals surface area contributed by atoms with Crippen LogP contribution >= 0.6 is 11.3 Å². The Bertz CT molecular complexity index is 745. The SMILES string of the molecule is CN(C)C(=O)N1CCCC1C(=O)NCc1csc(-c2ccccc2)n1. The molecule has 2 aromatic rings. The quantitative estimate of drug-likeness (QED) is 0.913. The van der Waals surface area contributed by atoms with Crippen molar-refractivity contribution in [1.82, 2.24) is 20.1 Å². The van der Waals surface area contributed by atoms with Crippen LogP contribution in [0, 0.1) is 0 Å². The van der Waals surface area contributed by atoms with Crippen molar-refractivity contribution in [2.45, 2.75) is 25.4 Å². The van der Waals surface area contributed by atoms with E-state index >= 15 is 0 Å². The summed E-state index contributed by atoms with van der Waals surface area (Å²) < 4.78 is 0. The van der Waals surface area contributed by atoms with Crippen molar-refractivity contribution in [2.75, 3.05) is 20.6 Å². The number of likely N-dealkylation sites (tertiary alicyclic amines) is 1. The molecule has 1 aliphatic rings. The molecule has 132 valence electrons. The van der Waals surface area contributed by atoms with Crippen molar-refractivity contribution >= 4 is 23.3 Å². The van der Waals surface area contributed by atoms with Crippen LogP contribution in [0.5, 0.6) is 0 Å². The molecule has 1 aromatic carbocycles. The Morgan fingerprint density at radius 3 is 2.80 bits per heavy atom. The zero-order chi connectivity index (χ0) is 17.8. The van der Waals surface area contributed by atoms with Gasteiger partial charge in [0, 0.05) is 31.6 Å². The van der Waals surface area contributed by atoms with E-state index in [-0.39, 0.29) is 18.0 Å². The van der Waals surface area contributed by atoms with Gasteiger partial charge in [-0.05, 0) is 12.8 Å². The second-order valence-electron chi connectivity index (χ2n) is 6.26. The van der Waals surface area contributed by atoms with Gasteiger partial charge in [0.2, 0.25) is 5.91 Å². The van der Waals surface area contributed by atoms with Crippen LogP contribution in [-0.2, 0) is 11.3 Å². The number of carbonyl (C=O) groups is 2. The van der Waals surface area contributed by atoms with E-state index in [0.29, 0.717) is 19.5 Å². The maximum Gasteiger partial charge on any atom is 0.320 e. The highest BCUT2D eigenvalue weighted by atomic mass is 32.1. The Morgan fingerprint density at radius 1 is 1.32 bits per heavy atom. The van der Waals surface area contributed by atoms with Gasteiger partial charge in [0.15, 0.2) is 0 Å². The van der Waals surface area contributed by atoms with E-state index in [1.54, 1.807) is 30.3 Å². The summed E-state index contributed by atoms with van der Waals surface area (Å²) in [5, 5.41) is 5.82. The summed E-state index contributed by atoms with van der Waals surface area (Å²) in [6.07, 6.45) is 1.56. The topological polar surface area (TPSA) is 65.5 Å². The number of hydrogen-bond acceptors (Lipinski definition) is 4. The maximum atomic E-state index is 12.5. The number of nitrogens with one attached hydrogen (secondary N) is 1. The van der Waals surface area contributed by atoms with Crippen LogP contribution in [-0.4, -0.2) is 53.4 Å². The lowest BCUT2D eigenvalue weighted by Gasteiger charge is -2.26. The monoisotopic (exact) mass is 358 g/mol. The van der Waals surface area contributed by atoms with Crippen molar-refractivity contribution in [3.05, 3.63) is 41.4 Å². The number of urea groups is 1. The highest BCUT2D eigenvalue weighted by molar-refractivity contribution is 7.13. The summed E-state index contributed by atoms with van der Waals surface area (Å²) in [5.41, 5.74) is 1.91. The molecule has 1 fully saturated rings. The molecule has 1 atom stereocenters. The number of thiazole rings is 1. The Kier molecular flexibility index (Phi) is 5.33. The lowest BCUT2D eigenvalue weighted by Crippen LogP contribution is -2.49. The van der Waals surface area contributed by atoms with Gasteiger partial charge in [-0.2, -0.15) is 0 Å². The number of benzene rings is 1. The van der Waals surface area contributed by atoms with Crippen LogP contribution < -0.4 is 5.32 Å². The van der Waals surface area contributed by atoms with Gasteiger partial charge < -0.3 is 15.1 Å². The fourth-order valence-corrected chi connectivity index (χ4v) is 3.75. The first-order valence-electron chi connectivity index (χ1n) is 8.31. The van der Waals surface area contributed by atoms with E-state index in [1.807, 2.05) is 35.7 Å². The van der Waals surface area contributed by atoms with E-state index < -0.39 is 0 Å². The molecule has 1 aromatic heterocycles. The molecule has 3 rings (SSSR count). The van der Waals surface area contributed by atoms with Crippen LogP contribution in [0.2, 0.25) is 0 Å². The third kappa shape index (κ3) is 3.99. The van der Waals surface area contributed by atoms with Gasteiger partial charge in [-0.3, -0.25) is 4.79 Å². The number of amides is 3. The molecular weight excluding hydrogens is 336 g/mol. The van der Waals surface area contributed by atoms with E-state index in [9.17, 15) is 9.59 Å². The third-order valence-electron chi connectivity index (χ3n) is 4.20. The van der Waals surface area contributed by atoms with Gasteiger partial charge in [-0.25, -0.2) is 9.78 Å². The van der Waals surface area contributed by atoms with Crippen molar-refractivity contribution in [3.63, 3.8) is 0 Å². The van der Waals surface area contributed by atoms with Crippen LogP contribution in [0.3, 0.4) is 0 Å². The van der Waals surface area contributed by atoms with Gasteiger partial charge in [0.25, 0.3) is 0 Å². The minimum Gasteiger partial charge on any atom is -0.349 e. The van der Waals surface area contributed by atoms with Gasteiger partial charge in [0.1, 0.15) is 11.0 Å². The van der Waals surface area contributed by atoms with Gasteiger partial charge in [-0.1, -0.05) is 30.3 Å². The van der Waals surface area contributed by atoms with Crippen molar-refractivity contribution in [1.29, 1.82) is 0 Å². The number of carbonyl (C=O) groups excluding carboxylic acids is 2. The molecule has 0 radical (unpaired) electrons. The van der Waals surface area contributed by atoms with E-state index in [0.717, 1.165) is 22.7 Å². The van der Waals surface area contributed by atoms with E-state index in [1.165, 1.54) is 4.90 Å². The zero-order valence-corrected chi connectivity index (χ0v) is 15.3. The number of hydrogen-bond donors (Lipinski definition) is 1. The Hall–Kier alpha value is -2.41. The number of rotatable bonds is 4. The second kappa shape index (κ2) is 7.65. The predicted octanol–water partition coefficient (Wildman–Crippen LogP) is 2.57. The van der Waals surface area contributed by atoms with Gasteiger partial charge >= 0.3 is 6.03 Å². The molecule has 0 aliphatic carbocycles. The Morgan fingerprint density at radius 2 is 2.08 bits per heavy atom. The molecule has 25 heavy (non-hydrogen) atoms. The summed E-state index contributed by atoms with van der Waals surface area (Å²) in [7, 11) is 3.41. The fourth-order valence-electron chi connectivity index (χ4n) is 2.92. The zero-order valence-electron chi connectivity index (χ0n) is 14.4. The van der Waals surface area contributed by atoms with Crippen LogP contribution in [0.15, 0.2) is 35.7 Å². The molecule has 2 heterocycles. The summed E-state index contributed by atoms with van der Waals surface area (Å²) in [6.45, 7) is 1.01. The molecule has 3 amide bonds.